The van der Waals surface area contributed by atoms with Crippen molar-refractivity contribution in [1.29, 1.82) is 0 Å². The van der Waals surface area contributed by atoms with Crippen molar-refractivity contribution >= 4 is 28.3 Å². The van der Waals surface area contributed by atoms with Crippen molar-refractivity contribution in [2.24, 2.45) is 0 Å². The molecule has 2 N–H and O–H groups in total. The van der Waals surface area contributed by atoms with E-state index >= 15 is 0 Å². The first-order valence-corrected chi connectivity index (χ1v) is 7.19. The largest absolute Gasteiger partial charge is 0.493 e. The highest BCUT2D eigenvalue weighted by Crippen LogP contribution is 2.20. The quantitative estimate of drug-likeness (QED) is 0.480. The molecule has 0 radical (unpaired) electrons. The van der Waals surface area contributed by atoms with E-state index in [1.54, 1.807) is 0 Å². The first-order chi connectivity index (χ1) is 9.25. The topological polar surface area (TPSA) is 44.5 Å². The van der Waals surface area contributed by atoms with E-state index in [1.807, 2.05) is 48.5 Å². The Morgan fingerprint density at radius 1 is 0.947 bits per heavy atom. The second kappa shape index (κ2) is 7.23. The van der Waals surface area contributed by atoms with E-state index < -0.39 is 0 Å². The van der Waals surface area contributed by atoms with Crippen molar-refractivity contribution < 1.29 is 9.47 Å². The fourth-order valence-electron chi connectivity index (χ4n) is 1.60. The van der Waals surface area contributed by atoms with Crippen LogP contribution in [0.25, 0.3) is 0 Å². The molecule has 2 aromatic rings. The summed E-state index contributed by atoms with van der Waals surface area (Å²) in [4.78, 5) is 0. The van der Waals surface area contributed by atoms with Gasteiger partial charge in [0.05, 0.1) is 18.9 Å². The summed E-state index contributed by atoms with van der Waals surface area (Å²) in [6, 6.07) is 15.5. The first kappa shape index (κ1) is 14.0. The van der Waals surface area contributed by atoms with E-state index in [1.165, 1.54) is 3.57 Å². The van der Waals surface area contributed by atoms with Crippen LogP contribution in [0.3, 0.4) is 0 Å². The Hall–Kier alpha value is -1.43. The van der Waals surface area contributed by atoms with Crippen molar-refractivity contribution in [2.75, 3.05) is 18.9 Å². The van der Waals surface area contributed by atoms with Gasteiger partial charge >= 0.3 is 0 Å². The number of nitrogens with two attached hydrogens (primary N) is 1. The monoisotopic (exact) mass is 369 g/mol. The van der Waals surface area contributed by atoms with Crippen molar-refractivity contribution in [3.05, 3.63) is 52.1 Å². The molecule has 0 aromatic heterocycles. The zero-order chi connectivity index (χ0) is 13.5. The Balaban J connectivity index is 1.69. The van der Waals surface area contributed by atoms with Crippen molar-refractivity contribution in [3.63, 3.8) is 0 Å². The summed E-state index contributed by atoms with van der Waals surface area (Å²) < 4.78 is 12.4. The third-order valence-corrected chi connectivity index (χ3v) is 3.20. The van der Waals surface area contributed by atoms with Crippen LogP contribution in [-0.2, 0) is 0 Å². The Labute approximate surface area is 126 Å². The molecule has 3 nitrogen and oxygen atoms in total. The van der Waals surface area contributed by atoms with Gasteiger partial charge in [-0.25, -0.2) is 0 Å². The predicted octanol–water partition coefficient (Wildman–Crippen LogP) is 3.72. The van der Waals surface area contributed by atoms with Gasteiger partial charge in [-0.3, -0.25) is 0 Å². The van der Waals surface area contributed by atoms with Gasteiger partial charge in [-0.15, -0.1) is 0 Å². The summed E-state index contributed by atoms with van der Waals surface area (Å²) in [7, 11) is 0. The van der Waals surface area contributed by atoms with Crippen molar-refractivity contribution in [2.45, 2.75) is 6.42 Å². The molecular weight excluding hydrogens is 353 g/mol. The lowest BCUT2D eigenvalue weighted by molar-refractivity contribution is 0.248. The van der Waals surface area contributed by atoms with E-state index in [2.05, 4.69) is 22.6 Å². The van der Waals surface area contributed by atoms with Crippen LogP contribution in [0.4, 0.5) is 5.69 Å². The number of rotatable bonds is 6. The highest BCUT2D eigenvalue weighted by molar-refractivity contribution is 14.1. The zero-order valence-corrected chi connectivity index (χ0v) is 12.7. The molecule has 0 spiro atoms. The van der Waals surface area contributed by atoms with Gasteiger partial charge < -0.3 is 15.2 Å². The lowest BCUT2D eigenvalue weighted by Gasteiger charge is -2.09. The van der Waals surface area contributed by atoms with Gasteiger partial charge in [-0.2, -0.15) is 0 Å². The molecule has 2 rings (SSSR count). The summed E-state index contributed by atoms with van der Waals surface area (Å²) in [5.74, 6) is 1.63. The van der Waals surface area contributed by atoms with Crippen LogP contribution in [0.5, 0.6) is 11.5 Å². The van der Waals surface area contributed by atoms with Crippen molar-refractivity contribution in [1.82, 2.24) is 0 Å². The molecule has 0 bridgehead atoms. The molecule has 0 aliphatic rings. The van der Waals surface area contributed by atoms with Crippen LogP contribution in [0.2, 0.25) is 0 Å². The molecule has 0 fully saturated rings. The van der Waals surface area contributed by atoms with Gasteiger partial charge in [0.15, 0.2) is 0 Å². The number of para-hydroxylation sites is 2. The van der Waals surface area contributed by atoms with Crippen LogP contribution >= 0.6 is 22.6 Å². The molecule has 0 saturated carbocycles. The van der Waals surface area contributed by atoms with Gasteiger partial charge in [0.25, 0.3) is 0 Å². The second-order valence-electron chi connectivity index (χ2n) is 4.05. The lowest BCUT2D eigenvalue weighted by atomic mass is 10.3. The second-order valence-corrected chi connectivity index (χ2v) is 5.29. The maximum Gasteiger partial charge on any atom is 0.142 e. The Bertz CT molecular complexity index is 531. The smallest absolute Gasteiger partial charge is 0.142 e. The van der Waals surface area contributed by atoms with Crippen LogP contribution in [0.15, 0.2) is 48.5 Å². The Morgan fingerprint density at radius 2 is 1.74 bits per heavy atom. The fraction of sp³-hybridized carbons (Fsp3) is 0.200. The number of ether oxygens (including phenoxy) is 2. The van der Waals surface area contributed by atoms with E-state index in [-0.39, 0.29) is 0 Å². The number of hydrogen-bond acceptors (Lipinski definition) is 3. The molecule has 0 atom stereocenters. The van der Waals surface area contributed by atoms with E-state index in [0.29, 0.717) is 18.9 Å². The highest BCUT2D eigenvalue weighted by atomic mass is 127. The van der Waals surface area contributed by atoms with E-state index in [9.17, 15) is 0 Å². The maximum atomic E-state index is 5.79. The van der Waals surface area contributed by atoms with Gasteiger partial charge in [0.1, 0.15) is 11.5 Å². The van der Waals surface area contributed by atoms with Gasteiger partial charge in [0.2, 0.25) is 0 Å². The standard InChI is InChI=1S/C15H16INO2/c16-12-5-3-6-13(11-12)18-9-4-10-19-15-8-2-1-7-14(15)17/h1-3,5-8,11H,4,9-10,17H2. The molecule has 0 saturated heterocycles. The van der Waals surface area contributed by atoms with Crippen molar-refractivity contribution in [3.8, 4) is 11.5 Å². The number of halogens is 1. The minimum absolute atomic E-state index is 0.595. The average molecular weight is 369 g/mol. The molecule has 0 aliphatic carbocycles. The molecule has 100 valence electrons. The molecule has 0 amide bonds. The average Bonchev–Trinajstić information content (AvgIpc) is 2.40. The molecule has 0 aliphatic heterocycles. The minimum Gasteiger partial charge on any atom is -0.493 e. The summed E-state index contributed by atoms with van der Waals surface area (Å²) in [5, 5.41) is 0. The number of benzene rings is 2. The predicted molar refractivity (Wildman–Crippen MR) is 85.6 cm³/mol. The summed E-state index contributed by atoms with van der Waals surface area (Å²) in [6.45, 7) is 1.23. The van der Waals surface area contributed by atoms with Crippen LogP contribution < -0.4 is 15.2 Å². The Morgan fingerprint density at radius 3 is 2.53 bits per heavy atom. The number of nitrogen functional groups attached to an aromatic ring is 1. The third-order valence-electron chi connectivity index (χ3n) is 2.53. The minimum atomic E-state index is 0.595. The summed E-state index contributed by atoms with van der Waals surface area (Å²) in [6.07, 6.45) is 0.819. The lowest BCUT2D eigenvalue weighted by Crippen LogP contribution is -2.06. The molecule has 0 unspecified atom stereocenters. The highest BCUT2D eigenvalue weighted by Gasteiger charge is 1.99. The summed E-state index contributed by atoms with van der Waals surface area (Å²) >= 11 is 2.27. The van der Waals surface area contributed by atoms with E-state index in [4.69, 9.17) is 15.2 Å². The first-order valence-electron chi connectivity index (χ1n) is 6.11. The molecule has 2 aromatic carbocycles. The number of hydrogen-bond donors (Lipinski definition) is 1. The fourth-order valence-corrected chi connectivity index (χ4v) is 2.11. The number of anilines is 1. The molecular formula is C15H16INO2. The van der Waals surface area contributed by atoms with E-state index in [0.717, 1.165) is 17.9 Å². The molecule has 0 heterocycles. The van der Waals surface area contributed by atoms with Gasteiger partial charge in [-0.05, 0) is 52.9 Å². The van der Waals surface area contributed by atoms with Gasteiger partial charge in [-0.1, -0.05) is 18.2 Å². The maximum absolute atomic E-state index is 5.79. The summed E-state index contributed by atoms with van der Waals surface area (Å²) in [5.41, 5.74) is 6.45. The Kier molecular flexibility index (Phi) is 5.32. The van der Waals surface area contributed by atoms with Crippen LogP contribution in [-0.4, -0.2) is 13.2 Å². The van der Waals surface area contributed by atoms with Gasteiger partial charge in [0, 0.05) is 9.99 Å². The molecule has 4 heteroatoms. The van der Waals surface area contributed by atoms with Crippen LogP contribution in [0, 0.1) is 3.57 Å². The normalized spacial score (nSPS) is 10.2. The third kappa shape index (κ3) is 4.63. The van der Waals surface area contributed by atoms with Crippen LogP contribution in [0.1, 0.15) is 6.42 Å². The SMILES string of the molecule is Nc1ccccc1OCCCOc1cccc(I)c1. The molecule has 19 heavy (non-hydrogen) atoms. The zero-order valence-electron chi connectivity index (χ0n) is 10.5.